The molecule has 5 heteroatoms. The van der Waals surface area contributed by atoms with Gasteiger partial charge in [-0.05, 0) is 37.6 Å². The molecule has 23 heavy (non-hydrogen) atoms. The Bertz CT molecular complexity index is 697. The van der Waals surface area contributed by atoms with Gasteiger partial charge >= 0.3 is 0 Å². The summed E-state index contributed by atoms with van der Waals surface area (Å²) in [5, 5.41) is 2.90. The van der Waals surface area contributed by atoms with Crippen molar-refractivity contribution in [3.05, 3.63) is 47.5 Å². The normalized spacial score (nSPS) is 10.1. The van der Waals surface area contributed by atoms with Crippen LogP contribution in [0.25, 0.3) is 0 Å². The highest BCUT2D eigenvalue weighted by atomic mass is 16.5. The van der Waals surface area contributed by atoms with E-state index in [9.17, 15) is 4.79 Å². The number of amides is 1. The standard InChI is InChI=1S/C18H21NO4/c1-5-23-15-9-7-6-8-13(15)18(20)19-14-11-17(22-4)16(21-3)10-12(14)2/h6-11H,5H2,1-4H3,(H,19,20). The van der Waals surface area contributed by atoms with Gasteiger partial charge in [0.1, 0.15) is 5.75 Å². The largest absolute Gasteiger partial charge is 0.493 e. The van der Waals surface area contributed by atoms with Gasteiger partial charge in [-0.25, -0.2) is 0 Å². The van der Waals surface area contributed by atoms with E-state index in [4.69, 9.17) is 14.2 Å². The van der Waals surface area contributed by atoms with E-state index in [1.165, 1.54) is 0 Å². The molecule has 2 aromatic carbocycles. The molecule has 2 rings (SSSR count). The van der Waals surface area contributed by atoms with Crippen molar-refractivity contribution in [1.29, 1.82) is 0 Å². The van der Waals surface area contributed by atoms with Gasteiger partial charge in [0.15, 0.2) is 11.5 Å². The summed E-state index contributed by atoms with van der Waals surface area (Å²) >= 11 is 0. The number of anilines is 1. The lowest BCUT2D eigenvalue weighted by atomic mass is 10.1. The fraction of sp³-hybridized carbons (Fsp3) is 0.278. The van der Waals surface area contributed by atoms with Crippen molar-refractivity contribution >= 4 is 11.6 Å². The molecule has 0 aliphatic rings. The van der Waals surface area contributed by atoms with Crippen molar-refractivity contribution < 1.29 is 19.0 Å². The zero-order chi connectivity index (χ0) is 16.8. The highest BCUT2D eigenvalue weighted by molar-refractivity contribution is 6.06. The molecule has 2 aromatic rings. The molecule has 0 atom stereocenters. The van der Waals surface area contributed by atoms with E-state index >= 15 is 0 Å². The number of ether oxygens (including phenoxy) is 3. The molecular weight excluding hydrogens is 294 g/mol. The summed E-state index contributed by atoms with van der Waals surface area (Å²) in [5.41, 5.74) is 2.03. The quantitative estimate of drug-likeness (QED) is 0.884. The first-order valence-corrected chi connectivity index (χ1v) is 7.36. The van der Waals surface area contributed by atoms with E-state index in [0.29, 0.717) is 35.1 Å². The number of methoxy groups -OCH3 is 2. The van der Waals surface area contributed by atoms with Crippen LogP contribution in [0.3, 0.4) is 0 Å². The Balaban J connectivity index is 2.30. The molecule has 1 N–H and O–H groups in total. The van der Waals surface area contributed by atoms with E-state index in [-0.39, 0.29) is 5.91 Å². The van der Waals surface area contributed by atoms with E-state index in [0.717, 1.165) is 5.56 Å². The Kier molecular flexibility index (Phi) is 5.46. The van der Waals surface area contributed by atoms with Crippen molar-refractivity contribution in [2.45, 2.75) is 13.8 Å². The molecule has 0 spiro atoms. The molecule has 0 unspecified atom stereocenters. The van der Waals surface area contributed by atoms with E-state index in [1.54, 1.807) is 38.5 Å². The highest BCUT2D eigenvalue weighted by Gasteiger charge is 2.15. The predicted molar refractivity (Wildman–Crippen MR) is 89.8 cm³/mol. The van der Waals surface area contributed by atoms with Gasteiger partial charge in [0.05, 0.1) is 26.4 Å². The SMILES string of the molecule is CCOc1ccccc1C(=O)Nc1cc(OC)c(OC)cc1C. The molecule has 0 radical (unpaired) electrons. The topological polar surface area (TPSA) is 56.8 Å². The van der Waals surface area contributed by atoms with Crippen LogP contribution in [-0.4, -0.2) is 26.7 Å². The molecule has 122 valence electrons. The van der Waals surface area contributed by atoms with Gasteiger partial charge in [-0.3, -0.25) is 4.79 Å². The van der Waals surface area contributed by atoms with Crippen LogP contribution in [0, 0.1) is 6.92 Å². The molecule has 0 aliphatic carbocycles. The third-order valence-corrected chi connectivity index (χ3v) is 3.41. The summed E-state index contributed by atoms with van der Waals surface area (Å²) in [4.78, 5) is 12.6. The third kappa shape index (κ3) is 3.74. The van der Waals surface area contributed by atoms with Crippen molar-refractivity contribution in [2.24, 2.45) is 0 Å². The molecule has 1 amide bonds. The van der Waals surface area contributed by atoms with Gasteiger partial charge < -0.3 is 19.5 Å². The van der Waals surface area contributed by atoms with Crippen molar-refractivity contribution in [3.63, 3.8) is 0 Å². The van der Waals surface area contributed by atoms with Crippen LogP contribution in [0.1, 0.15) is 22.8 Å². The van der Waals surface area contributed by atoms with Crippen LogP contribution in [0.15, 0.2) is 36.4 Å². The fourth-order valence-electron chi connectivity index (χ4n) is 2.24. The highest BCUT2D eigenvalue weighted by Crippen LogP contribution is 2.33. The second-order valence-electron chi connectivity index (χ2n) is 4.91. The fourth-order valence-corrected chi connectivity index (χ4v) is 2.24. The number of rotatable bonds is 6. The van der Waals surface area contributed by atoms with Crippen molar-refractivity contribution in [1.82, 2.24) is 0 Å². The smallest absolute Gasteiger partial charge is 0.259 e. The molecule has 0 aliphatic heterocycles. The number of nitrogens with one attached hydrogen (secondary N) is 1. The Morgan fingerprint density at radius 3 is 2.35 bits per heavy atom. The van der Waals surface area contributed by atoms with Crippen LogP contribution in [0.4, 0.5) is 5.69 Å². The summed E-state index contributed by atoms with van der Waals surface area (Å²) in [6.45, 7) is 4.28. The molecule has 0 fully saturated rings. The summed E-state index contributed by atoms with van der Waals surface area (Å²) in [7, 11) is 3.14. The molecule has 0 saturated heterocycles. The number of carbonyl (C=O) groups is 1. The maximum Gasteiger partial charge on any atom is 0.259 e. The lowest BCUT2D eigenvalue weighted by Gasteiger charge is -2.15. The van der Waals surface area contributed by atoms with Crippen LogP contribution >= 0.6 is 0 Å². The number of benzene rings is 2. The number of carbonyl (C=O) groups excluding carboxylic acids is 1. The Morgan fingerprint density at radius 2 is 1.70 bits per heavy atom. The van der Waals surface area contributed by atoms with Crippen molar-refractivity contribution in [3.8, 4) is 17.2 Å². The van der Waals surface area contributed by atoms with Crippen molar-refractivity contribution in [2.75, 3.05) is 26.1 Å². The Morgan fingerprint density at radius 1 is 1.04 bits per heavy atom. The average molecular weight is 315 g/mol. The van der Waals surface area contributed by atoms with Crippen LogP contribution in [-0.2, 0) is 0 Å². The summed E-state index contributed by atoms with van der Waals surface area (Å²) < 4.78 is 16.0. The van der Waals surface area contributed by atoms with E-state index in [1.807, 2.05) is 26.0 Å². The molecule has 0 bridgehead atoms. The minimum atomic E-state index is -0.232. The third-order valence-electron chi connectivity index (χ3n) is 3.41. The lowest BCUT2D eigenvalue weighted by molar-refractivity contribution is 0.102. The van der Waals surface area contributed by atoms with Gasteiger partial charge in [-0.15, -0.1) is 0 Å². The van der Waals surface area contributed by atoms with Crippen LogP contribution < -0.4 is 19.5 Å². The van der Waals surface area contributed by atoms with E-state index in [2.05, 4.69) is 5.32 Å². The van der Waals surface area contributed by atoms with Gasteiger partial charge in [-0.1, -0.05) is 12.1 Å². The summed E-state index contributed by atoms with van der Waals surface area (Å²) in [6.07, 6.45) is 0. The first-order valence-electron chi connectivity index (χ1n) is 7.36. The molecule has 0 heterocycles. The molecule has 5 nitrogen and oxygen atoms in total. The first kappa shape index (κ1) is 16.7. The maximum absolute atomic E-state index is 12.6. The summed E-state index contributed by atoms with van der Waals surface area (Å²) in [5.74, 6) is 1.51. The zero-order valence-electron chi connectivity index (χ0n) is 13.8. The predicted octanol–water partition coefficient (Wildman–Crippen LogP) is 3.66. The maximum atomic E-state index is 12.6. The first-order chi connectivity index (χ1) is 11.1. The minimum Gasteiger partial charge on any atom is -0.493 e. The minimum absolute atomic E-state index is 0.232. The van der Waals surface area contributed by atoms with Crippen LogP contribution in [0.5, 0.6) is 17.2 Å². The molecular formula is C18H21NO4. The molecule has 0 aromatic heterocycles. The van der Waals surface area contributed by atoms with Gasteiger partial charge in [0.25, 0.3) is 5.91 Å². The average Bonchev–Trinajstić information content (AvgIpc) is 2.57. The second kappa shape index (κ2) is 7.54. The number of hydrogen-bond donors (Lipinski definition) is 1. The van der Waals surface area contributed by atoms with Gasteiger partial charge in [0.2, 0.25) is 0 Å². The molecule has 0 saturated carbocycles. The zero-order valence-corrected chi connectivity index (χ0v) is 13.8. The summed E-state index contributed by atoms with van der Waals surface area (Å²) in [6, 6.07) is 10.7. The van der Waals surface area contributed by atoms with Gasteiger partial charge in [-0.2, -0.15) is 0 Å². The Labute approximate surface area is 136 Å². The monoisotopic (exact) mass is 315 g/mol. The van der Waals surface area contributed by atoms with E-state index < -0.39 is 0 Å². The number of hydrogen-bond acceptors (Lipinski definition) is 4. The van der Waals surface area contributed by atoms with Crippen LogP contribution in [0.2, 0.25) is 0 Å². The lowest BCUT2D eigenvalue weighted by Crippen LogP contribution is -2.14. The second-order valence-corrected chi connectivity index (χ2v) is 4.91. The number of para-hydroxylation sites is 1. The number of aryl methyl sites for hydroxylation is 1. The Hall–Kier alpha value is -2.69. The van der Waals surface area contributed by atoms with Gasteiger partial charge in [0, 0.05) is 11.8 Å².